The van der Waals surface area contributed by atoms with E-state index in [0.717, 1.165) is 6.42 Å². The number of carboxylic acid groups (broad SMARTS) is 1. The predicted molar refractivity (Wildman–Crippen MR) is 57.9 cm³/mol. The zero-order valence-corrected chi connectivity index (χ0v) is 9.73. The highest BCUT2D eigenvalue weighted by molar-refractivity contribution is 5.82. The number of hydrogen-bond donors (Lipinski definition) is 2. The van der Waals surface area contributed by atoms with Crippen LogP contribution in [0.1, 0.15) is 26.7 Å². The monoisotopic (exact) mass is 229 g/mol. The largest absolute Gasteiger partial charge is 0.481 e. The van der Waals surface area contributed by atoms with Gasteiger partial charge < -0.3 is 15.2 Å². The molecule has 0 bridgehead atoms. The summed E-state index contributed by atoms with van der Waals surface area (Å²) < 4.78 is 5.29. The lowest BCUT2D eigenvalue weighted by molar-refractivity contribution is -0.142. The molecule has 0 spiro atoms. The van der Waals surface area contributed by atoms with Crippen LogP contribution < -0.4 is 5.32 Å². The Morgan fingerprint density at radius 2 is 2.25 bits per heavy atom. The van der Waals surface area contributed by atoms with Gasteiger partial charge in [0.2, 0.25) is 5.91 Å². The number of carbonyl (C=O) groups is 2. The van der Waals surface area contributed by atoms with Crippen LogP contribution in [0.5, 0.6) is 0 Å². The second-order valence-electron chi connectivity index (χ2n) is 4.25. The Morgan fingerprint density at radius 3 is 2.69 bits per heavy atom. The van der Waals surface area contributed by atoms with Gasteiger partial charge in [-0.3, -0.25) is 9.59 Å². The Bertz CT molecular complexity index is 267. The van der Waals surface area contributed by atoms with Crippen molar-refractivity contribution in [2.75, 3.05) is 13.2 Å². The second-order valence-corrected chi connectivity index (χ2v) is 4.25. The molecule has 2 N–H and O–H groups in total. The van der Waals surface area contributed by atoms with Gasteiger partial charge in [-0.15, -0.1) is 0 Å². The molecule has 0 saturated carbocycles. The minimum Gasteiger partial charge on any atom is -0.481 e. The lowest BCUT2D eigenvalue weighted by Gasteiger charge is -2.16. The highest BCUT2D eigenvalue weighted by atomic mass is 16.5. The highest BCUT2D eigenvalue weighted by Crippen LogP contribution is 2.19. The average molecular weight is 229 g/mol. The molecule has 0 aromatic heterocycles. The lowest BCUT2D eigenvalue weighted by atomic mass is 10.0. The van der Waals surface area contributed by atoms with Gasteiger partial charge in [0.25, 0.3) is 0 Å². The third kappa shape index (κ3) is 3.20. The van der Waals surface area contributed by atoms with Crippen LogP contribution in [0.15, 0.2) is 0 Å². The highest BCUT2D eigenvalue weighted by Gasteiger charge is 2.31. The topological polar surface area (TPSA) is 75.6 Å². The third-order valence-corrected chi connectivity index (χ3v) is 3.01. The maximum Gasteiger partial charge on any atom is 0.308 e. The predicted octanol–water partition coefficient (Wildman–Crippen LogP) is 0.638. The summed E-state index contributed by atoms with van der Waals surface area (Å²) in [4.78, 5) is 22.4. The van der Waals surface area contributed by atoms with E-state index in [0.29, 0.717) is 13.0 Å². The molecule has 0 radical (unpaired) electrons. The van der Waals surface area contributed by atoms with Gasteiger partial charge in [-0.1, -0.05) is 13.8 Å². The number of aliphatic carboxylic acids is 1. The SMILES string of the molecule is CCC(CNC(=O)C1OCCC1C)C(=O)O. The molecule has 92 valence electrons. The quantitative estimate of drug-likeness (QED) is 0.725. The van der Waals surface area contributed by atoms with Crippen LogP contribution in [-0.4, -0.2) is 36.2 Å². The van der Waals surface area contributed by atoms with E-state index in [-0.39, 0.29) is 18.4 Å². The first-order valence-corrected chi connectivity index (χ1v) is 5.68. The second kappa shape index (κ2) is 5.84. The molecule has 5 heteroatoms. The summed E-state index contributed by atoms with van der Waals surface area (Å²) in [5.41, 5.74) is 0. The Kier molecular flexibility index (Phi) is 4.73. The van der Waals surface area contributed by atoms with Crippen LogP contribution in [0.25, 0.3) is 0 Å². The number of ether oxygens (including phenoxy) is 1. The molecule has 3 atom stereocenters. The summed E-state index contributed by atoms with van der Waals surface area (Å²) in [5, 5.41) is 11.5. The Hall–Kier alpha value is -1.10. The molecule has 1 saturated heterocycles. The van der Waals surface area contributed by atoms with Crippen molar-refractivity contribution >= 4 is 11.9 Å². The molecule has 1 aliphatic rings. The average Bonchev–Trinajstić information content (AvgIpc) is 2.64. The van der Waals surface area contributed by atoms with Crippen LogP contribution in [0.4, 0.5) is 0 Å². The van der Waals surface area contributed by atoms with Gasteiger partial charge in [-0.25, -0.2) is 0 Å². The number of amides is 1. The molecule has 3 unspecified atom stereocenters. The van der Waals surface area contributed by atoms with Crippen LogP contribution in [0, 0.1) is 11.8 Å². The summed E-state index contributed by atoms with van der Waals surface area (Å²) in [6.45, 7) is 4.54. The first-order chi connectivity index (χ1) is 7.56. The van der Waals surface area contributed by atoms with Gasteiger partial charge in [0.05, 0.1) is 5.92 Å². The minimum absolute atomic E-state index is 0.178. The van der Waals surface area contributed by atoms with Gasteiger partial charge in [0, 0.05) is 13.2 Å². The molecule has 1 heterocycles. The number of carbonyl (C=O) groups excluding carboxylic acids is 1. The van der Waals surface area contributed by atoms with Gasteiger partial charge in [-0.2, -0.15) is 0 Å². The van der Waals surface area contributed by atoms with Crippen LogP contribution in [0.3, 0.4) is 0 Å². The summed E-state index contributed by atoms with van der Waals surface area (Å²) in [5.74, 6) is -1.36. The summed E-state index contributed by atoms with van der Waals surface area (Å²) >= 11 is 0. The summed E-state index contributed by atoms with van der Waals surface area (Å²) in [7, 11) is 0. The van der Waals surface area contributed by atoms with E-state index in [1.54, 1.807) is 6.92 Å². The minimum atomic E-state index is -0.872. The van der Waals surface area contributed by atoms with E-state index in [9.17, 15) is 9.59 Å². The number of rotatable bonds is 5. The first-order valence-electron chi connectivity index (χ1n) is 5.68. The Labute approximate surface area is 95.2 Å². The fourth-order valence-corrected chi connectivity index (χ4v) is 1.76. The summed E-state index contributed by atoms with van der Waals surface area (Å²) in [6, 6.07) is 0. The molecule has 16 heavy (non-hydrogen) atoms. The van der Waals surface area contributed by atoms with E-state index in [1.807, 2.05) is 6.92 Å². The van der Waals surface area contributed by atoms with E-state index in [1.165, 1.54) is 0 Å². The number of nitrogens with one attached hydrogen (secondary N) is 1. The van der Waals surface area contributed by atoms with Crippen LogP contribution in [0.2, 0.25) is 0 Å². The molecule has 5 nitrogen and oxygen atoms in total. The van der Waals surface area contributed by atoms with E-state index >= 15 is 0 Å². The fraction of sp³-hybridized carbons (Fsp3) is 0.818. The maximum absolute atomic E-state index is 11.7. The molecule has 0 aromatic carbocycles. The molecular weight excluding hydrogens is 210 g/mol. The fourth-order valence-electron chi connectivity index (χ4n) is 1.76. The smallest absolute Gasteiger partial charge is 0.308 e. The van der Waals surface area contributed by atoms with Gasteiger partial charge >= 0.3 is 5.97 Å². The van der Waals surface area contributed by atoms with Crippen molar-refractivity contribution in [2.24, 2.45) is 11.8 Å². The molecule has 1 aliphatic heterocycles. The van der Waals surface area contributed by atoms with Crippen LogP contribution in [-0.2, 0) is 14.3 Å². The summed E-state index contributed by atoms with van der Waals surface area (Å²) in [6.07, 6.45) is 0.983. The maximum atomic E-state index is 11.7. The molecule has 0 aliphatic carbocycles. The first kappa shape index (κ1) is 13.0. The van der Waals surface area contributed by atoms with Crippen molar-refractivity contribution in [2.45, 2.75) is 32.8 Å². The molecule has 1 fully saturated rings. The van der Waals surface area contributed by atoms with E-state index in [4.69, 9.17) is 9.84 Å². The molecule has 1 amide bonds. The standard InChI is InChI=1S/C11H19NO4/c1-3-8(11(14)15)6-12-10(13)9-7(2)4-5-16-9/h7-9H,3-6H2,1-2H3,(H,12,13)(H,14,15). The Morgan fingerprint density at radius 1 is 1.56 bits per heavy atom. The van der Waals surface area contributed by atoms with Gasteiger partial charge in [-0.05, 0) is 18.8 Å². The van der Waals surface area contributed by atoms with Crippen molar-refractivity contribution < 1.29 is 19.4 Å². The van der Waals surface area contributed by atoms with Crippen LogP contribution >= 0.6 is 0 Å². The van der Waals surface area contributed by atoms with Crippen molar-refractivity contribution in [1.29, 1.82) is 0 Å². The Balaban J connectivity index is 2.37. The van der Waals surface area contributed by atoms with E-state index < -0.39 is 18.0 Å². The zero-order valence-electron chi connectivity index (χ0n) is 9.73. The van der Waals surface area contributed by atoms with E-state index in [2.05, 4.69) is 5.32 Å². The lowest BCUT2D eigenvalue weighted by Crippen LogP contribution is -2.40. The van der Waals surface area contributed by atoms with Gasteiger partial charge in [0.15, 0.2) is 0 Å². The number of hydrogen-bond acceptors (Lipinski definition) is 3. The van der Waals surface area contributed by atoms with Gasteiger partial charge in [0.1, 0.15) is 6.10 Å². The molecule has 0 aromatic rings. The molecular formula is C11H19NO4. The van der Waals surface area contributed by atoms with Crippen molar-refractivity contribution in [3.63, 3.8) is 0 Å². The number of carboxylic acids is 1. The van der Waals surface area contributed by atoms with Crippen molar-refractivity contribution in [3.05, 3.63) is 0 Å². The van der Waals surface area contributed by atoms with Crippen molar-refractivity contribution in [1.82, 2.24) is 5.32 Å². The third-order valence-electron chi connectivity index (χ3n) is 3.01. The molecule has 1 rings (SSSR count). The zero-order chi connectivity index (χ0) is 12.1. The van der Waals surface area contributed by atoms with Crippen molar-refractivity contribution in [3.8, 4) is 0 Å². The normalized spacial score (nSPS) is 26.4.